The van der Waals surface area contributed by atoms with Crippen molar-refractivity contribution in [2.45, 2.75) is 24.4 Å². The van der Waals surface area contributed by atoms with Gasteiger partial charge >= 0.3 is 29.7 Å². The summed E-state index contributed by atoms with van der Waals surface area (Å²) in [5.74, 6) is -6.29. The Bertz CT molecular complexity index is 1280. The molecule has 0 unspecified atom stereocenters. The Labute approximate surface area is 214 Å². The largest absolute Gasteiger partial charge is 0.464 e. The fourth-order valence-corrected chi connectivity index (χ4v) is 3.60. The van der Waals surface area contributed by atoms with Crippen molar-refractivity contribution in [3.8, 4) is 0 Å². The van der Waals surface area contributed by atoms with Gasteiger partial charge in [0.2, 0.25) is 0 Å². The second kappa shape index (κ2) is 11.5. The molecule has 0 saturated carbocycles. The van der Waals surface area contributed by atoms with E-state index in [0.29, 0.717) is 0 Å². The van der Waals surface area contributed by atoms with Crippen LogP contribution in [0.15, 0.2) is 91.0 Å². The molecular formula is C28H24O9. The molecule has 0 aliphatic carbocycles. The van der Waals surface area contributed by atoms with Crippen molar-refractivity contribution in [3.05, 3.63) is 108 Å². The van der Waals surface area contributed by atoms with Crippen LogP contribution >= 0.6 is 0 Å². The summed E-state index contributed by atoms with van der Waals surface area (Å²) in [6, 6.07) is 23.8. The van der Waals surface area contributed by atoms with Crippen LogP contribution in [0.1, 0.15) is 38.8 Å². The molecule has 0 radical (unpaired) electrons. The molecule has 4 atom stereocenters. The van der Waals surface area contributed by atoms with E-state index in [0.717, 1.165) is 7.11 Å². The zero-order valence-electron chi connectivity index (χ0n) is 20.8. The van der Waals surface area contributed by atoms with Gasteiger partial charge in [-0.2, -0.15) is 0 Å². The van der Waals surface area contributed by atoms with E-state index in [1.807, 2.05) is 0 Å². The Morgan fingerprint density at radius 2 is 1.30 bits per heavy atom. The van der Waals surface area contributed by atoms with E-state index in [1.54, 1.807) is 66.7 Å². The van der Waals surface area contributed by atoms with Crippen LogP contribution in [0.25, 0.3) is 0 Å². The molecule has 37 heavy (non-hydrogen) atoms. The Kier molecular flexibility index (Phi) is 7.52. The second-order valence-electron chi connectivity index (χ2n) is 7.94. The van der Waals surface area contributed by atoms with E-state index >= 15 is 0 Å². The summed E-state index contributed by atoms with van der Waals surface area (Å²) in [5.41, 5.74) is 0.514. The van der Waals surface area contributed by atoms with Gasteiger partial charge in [-0.3, -0.25) is 0 Å². The third kappa shape index (κ3) is 6.02. The minimum atomic E-state index is -2.60. The third-order valence-electron chi connectivity index (χ3n) is 5.44. The molecule has 0 N–H and O–H groups in total. The summed E-state index contributed by atoms with van der Waals surface area (Å²) in [4.78, 5) is 51.2. The summed E-state index contributed by atoms with van der Waals surface area (Å²) in [5, 5.41) is 0. The SMILES string of the molecule is [2H][C@H]1[C@H](OC(=O)c2ccccc2)[C@@H](COC(=O)c2ccccc2)O[C@@]1(OC(=O)c1ccccc1)C(=O)OC. The number of benzene rings is 3. The van der Waals surface area contributed by atoms with E-state index in [2.05, 4.69) is 0 Å². The van der Waals surface area contributed by atoms with Crippen molar-refractivity contribution in [1.82, 2.24) is 0 Å². The van der Waals surface area contributed by atoms with Crippen molar-refractivity contribution in [3.63, 3.8) is 0 Å². The van der Waals surface area contributed by atoms with Crippen LogP contribution in [0, 0.1) is 0 Å². The quantitative estimate of drug-likeness (QED) is 0.335. The highest BCUT2D eigenvalue weighted by Crippen LogP contribution is 2.36. The van der Waals surface area contributed by atoms with Gasteiger partial charge in [-0.1, -0.05) is 54.6 Å². The molecule has 1 heterocycles. The normalized spacial score (nSPS) is 22.8. The molecule has 190 valence electrons. The first-order valence-electron chi connectivity index (χ1n) is 11.9. The number of ether oxygens (including phenoxy) is 5. The summed E-state index contributed by atoms with van der Waals surface area (Å²) >= 11 is 0. The Morgan fingerprint density at radius 1 is 0.811 bits per heavy atom. The van der Waals surface area contributed by atoms with Crippen molar-refractivity contribution < 1.29 is 44.2 Å². The van der Waals surface area contributed by atoms with Gasteiger partial charge in [0.25, 0.3) is 0 Å². The Morgan fingerprint density at radius 3 is 1.81 bits per heavy atom. The summed E-state index contributed by atoms with van der Waals surface area (Å²) in [6.07, 6.45) is -4.61. The van der Waals surface area contributed by atoms with Crippen LogP contribution < -0.4 is 0 Å². The van der Waals surface area contributed by atoms with E-state index in [4.69, 9.17) is 25.1 Å². The highest BCUT2D eigenvalue weighted by atomic mass is 16.8. The van der Waals surface area contributed by atoms with Gasteiger partial charge in [0, 0.05) is 1.37 Å². The van der Waals surface area contributed by atoms with Gasteiger partial charge in [0.05, 0.1) is 30.2 Å². The molecule has 1 aliphatic rings. The minimum absolute atomic E-state index is 0.0864. The number of hydrogen-bond donors (Lipinski definition) is 0. The van der Waals surface area contributed by atoms with Crippen LogP contribution in [-0.4, -0.2) is 55.6 Å². The number of rotatable bonds is 8. The first-order chi connectivity index (χ1) is 18.4. The van der Waals surface area contributed by atoms with E-state index in [9.17, 15) is 19.2 Å². The van der Waals surface area contributed by atoms with Crippen molar-refractivity contribution >= 4 is 23.9 Å². The molecule has 9 heteroatoms. The molecule has 0 amide bonds. The third-order valence-corrected chi connectivity index (χ3v) is 5.44. The summed E-state index contributed by atoms with van der Waals surface area (Å²) in [7, 11) is 1.03. The molecule has 3 aromatic carbocycles. The maximum absolute atomic E-state index is 12.9. The van der Waals surface area contributed by atoms with Gasteiger partial charge in [-0.05, 0) is 36.4 Å². The first kappa shape index (κ1) is 24.2. The number of esters is 4. The monoisotopic (exact) mass is 505 g/mol. The van der Waals surface area contributed by atoms with Crippen molar-refractivity contribution in [2.75, 3.05) is 13.7 Å². The number of hydrogen-bond acceptors (Lipinski definition) is 9. The van der Waals surface area contributed by atoms with Gasteiger partial charge < -0.3 is 23.7 Å². The molecule has 1 saturated heterocycles. The van der Waals surface area contributed by atoms with Crippen molar-refractivity contribution in [1.29, 1.82) is 0 Å². The Hall–Kier alpha value is -4.50. The van der Waals surface area contributed by atoms with Crippen molar-refractivity contribution in [2.24, 2.45) is 0 Å². The highest BCUT2D eigenvalue weighted by molar-refractivity contribution is 5.93. The highest BCUT2D eigenvalue weighted by Gasteiger charge is 2.58. The molecule has 0 aromatic heterocycles. The van der Waals surface area contributed by atoms with E-state index < -0.39 is 54.9 Å². The lowest BCUT2D eigenvalue weighted by molar-refractivity contribution is -0.222. The predicted molar refractivity (Wildman–Crippen MR) is 128 cm³/mol. The molecule has 4 rings (SSSR count). The van der Waals surface area contributed by atoms with Crippen LogP contribution in [-0.2, 0) is 28.5 Å². The molecule has 0 bridgehead atoms. The lowest BCUT2D eigenvalue weighted by Crippen LogP contribution is -2.45. The molecule has 9 nitrogen and oxygen atoms in total. The smallest absolute Gasteiger partial charge is 0.379 e. The number of methoxy groups -OCH3 is 1. The molecule has 1 aliphatic heterocycles. The first-order valence-corrected chi connectivity index (χ1v) is 11.3. The second-order valence-corrected chi connectivity index (χ2v) is 7.94. The maximum Gasteiger partial charge on any atom is 0.379 e. The zero-order chi connectivity index (χ0) is 27.1. The number of carbonyl (C=O) groups excluding carboxylic acids is 4. The fraction of sp³-hybridized carbons (Fsp3) is 0.214. The fourth-order valence-electron chi connectivity index (χ4n) is 3.60. The molecule has 3 aromatic rings. The van der Waals surface area contributed by atoms with Gasteiger partial charge in [-0.25, -0.2) is 19.2 Å². The number of carbonyl (C=O) groups is 4. The van der Waals surface area contributed by atoms with Crippen LogP contribution in [0.2, 0.25) is 0 Å². The van der Waals surface area contributed by atoms with Crippen LogP contribution in [0.5, 0.6) is 0 Å². The molecule has 1 fully saturated rings. The molecular weight excluding hydrogens is 480 g/mol. The lowest BCUT2D eigenvalue weighted by atomic mass is 10.1. The van der Waals surface area contributed by atoms with Crippen LogP contribution in [0.4, 0.5) is 0 Å². The van der Waals surface area contributed by atoms with Gasteiger partial charge in [-0.15, -0.1) is 0 Å². The van der Waals surface area contributed by atoms with E-state index in [1.165, 1.54) is 24.3 Å². The van der Waals surface area contributed by atoms with Gasteiger partial charge in [0.15, 0.2) is 0 Å². The van der Waals surface area contributed by atoms with Gasteiger partial charge in [0.1, 0.15) is 18.8 Å². The standard InChI is InChI=1S/C28H24O9/c1-33-27(32)28(37-26(31)21-15-9-4-10-16-21)17-22(35-25(30)20-13-7-3-8-14-20)23(36-28)18-34-24(29)19-11-5-2-6-12-19/h2-16,22-23H,17-18H2,1H3/t22-,23+,28-/m0/s1/i17D/t17-,22-,23+,28-. The topological polar surface area (TPSA) is 114 Å². The average molecular weight is 505 g/mol. The molecule has 0 spiro atoms. The summed E-state index contributed by atoms with van der Waals surface area (Å²) < 4.78 is 35.7. The summed E-state index contributed by atoms with van der Waals surface area (Å²) in [6.45, 7) is -0.516. The lowest BCUT2D eigenvalue weighted by Gasteiger charge is -2.25. The Balaban J connectivity index is 1.63. The minimum Gasteiger partial charge on any atom is -0.464 e. The zero-order valence-corrected chi connectivity index (χ0v) is 19.8. The average Bonchev–Trinajstić information content (AvgIpc) is 3.23. The maximum atomic E-state index is 12.9. The predicted octanol–water partition coefficient (Wildman–Crippen LogP) is 3.58. The van der Waals surface area contributed by atoms with Crippen LogP contribution in [0.3, 0.4) is 0 Å². The van der Waals surface area contributed by atoms with E-state index in [-0.39, 0.29) is 16.7 Å².